The van der Waals surface area contributed by atoms with Crippen LogP contribution in [0.15, 0.2) is 12.3 Å². The first-order valence-corrected chi connectivity index (χ1v) is 6.00. The van der Waals surface area contributed by atoms with Gasteiger partial charge in [0.2, 0.25) is 0 Å². The zero-order valence-corrected chi connectivity index (χ0v) is 11.1. The van der Waals surface area contributed by atoms with Gasteiger partial charge in [0, 0.05) is 18.3 Å². The minimum Gasteiger partial charge on any atom is -0.370 e. The van der Waals surface area contributed by atoms with Crippen molar-refractivity contribution in [2.24, 2.45) is 0 Å². The smallest absolute Gasteiger partial charge is 0.277 e. The van der Waals surface area contributed by atoms with Crippen LogP contribution in [0, 0.1) is 17.0 Å². The summed E-state index contributed by atoms with van der Waals surface area (Å²) < 4.78 is 0. The molecule has 0 radical (unpaired) electrons. The molecule has 6 nitrogen and oxygen atoms in total. The summed E-state index contributed by atoms with van der Waals surface area (Å²) in [5, 5.41) is 13.9. The van der Waals surface area contributed by atoms with E-state index in [-0.39, 0.29) is 10.6 Å². The van der Waals surface area contributed by atoms with Crippen molar-refractivity contribution in [2.75, 3.05) is 32.5 Å². The summed E-state index contributed by atoms with van der Waals surface area (Å²) in [5.74, 6) is 0.567. The third-order valence-electron chi connectivity index (χ3n) is 2.61. The number of pyridine rings is 1. The van der Waals surface area contributed by atoms with Crippen molar-refractivity contribution in [2.45, 2.75) is 19.8 Å². The standard InChI is InChI=1S/C12H20N4O2/c1-10-9-14-12(8-11(10)16(17)18)13-6-4-5-7-15(2)3/h8-9H,4-7H2,1-3H3,(H,13,14). The van der Waals surface area contributed by atoms with Gasteiger partial charge in [0.15, 0.2) is 0 Å². The van der Waals surface area contributed by atoms with Gasteiger partial charge in [-0.05, 0) is 40.4 Å². The molecule has 0 unspecified atom stereocenters. The molecule has 0 bridgehead atoms. The van der Waals surface area contributed by atoms with Gasteiger partial charge < -0.3 is 10.2 Å². The van der Waals surface area contributed by atoms with E-state index in [1.54, 1.807) is 6.92 Å². The van der Waals surface area contributed by atoms with Crippen LogP contribution in [0.25, 0.3) is 0 Å². The second-order valence-corrected chi connectivity index (χ2v) is 4.55. The quantitative estimate of drug-likeness (QED) is 0.457. The fourth-order valence-electron chi connectivity index (χ4n) is 1.58. The largest absolute Gasteiger partial charge is 0.370 e. The lowest BCUT2D eigenvalue weighted by Crippen LogP contribution is -2.14. The highest BCUT2D eigenvalue weighted by Gasteiger charge is 2.11. The van der Waals surface area contributed by atoms with Crippen molar-refractivity contribution in [3.8, 4) is 0 Å². The zero-order valence-electron chi connectivity index (χ0n) is 11.1. The molecule has 1 N–H and O–H groups in total. The Kier molecular flexibility index (Phi) is 5.51. The second kappa shape index (κ2) is 6.90. The Morgan fingerprint density at radius 1 is 1.44 bits per heavy atom. The molecule has 1 aromatic heterocycles. The lowest BCUT2D eigenvalue weighted by Gasteiger charge is -2.09. The molecule has 100 valence electrons. The minimum atomic E-state index is -0.381. The molecule has 18 heavy (non-hydrogen) atoms. The van der Waals surface area contributed by atoms with Gasteiger partial charge in [-0.2, -0.15) is 0 Å². The van der Waals surface area contributed by atoms with Crippen LogP contribution < -0.4 is 5.32 Å². The topological polar surface area (TPSA) is 71.3 Å². The monoisotopic (exact) mass is 252 g/mol. The van der Waals surface area contributed by atoms with Gasteiger partial charge in [0.25, 0.3) is 5.69 Å². The number of anilines is 1. The Labute approximate surface area is 107 Å². The third-order valence-corrected chi connectivity index (χ3v) is 2.61. The maximum atomic E-state index is 10.8. The van der Waals surface area contributed by atoms with Crippen LogP contribution in [0.4, 0.5) is 11.5 Å². The Balaban J connectivity index is 2.43. The number of nitrogens with zero attached hydrogens (tertiary/aromatic N) is 3. The summed E-state index contributed by atoms with van der Waals surface area (Å²) in [4.78, 5) is 16.7. The normalized spacial score (nSPS) is 10.7. The Bertz CT molecular complexity index is 407. The van der Waals surface area contributed by atoms with E-state index in [1.165, 1.54) is 12.3 Å². The molecular formula is C12H20N4O2. The van der Waals surface area contributed by atoms with E-state index in [9.17, 15) is 10.1 Å². The van der Waals surface area contributed by atoms with Gasteiger partial charge in [-0.15, -0.1) is 0 Å². The first-order chi connectivity index (χ1) is 8.50. The van der Waals surface area contributed by atoms with Gasteiger partial charge >= 0.3 is 0 Å². The number of aryl methyl sites for hydroxylation is 1. The lowest BCUT2D eigenvalue weighted by molar-refractivity contribution is -0.385. The molecule has 0 aliphatic carbocycles. The Hall–Kier alpha value is -1.69. The van der Waals surface area contributed by atoms with Crippen molar-refractivity contribution < 1.29 is 4.92 Å². The molecule has 0 aliphatic rings. The van der Waals surface area contributed by atoms with Crippen LogP contribution in [0.3, 0.4) is 0 Å². The maximum absolute atomic E-state index is 10.8. The van der Waals surface area contributed by atoms with E-state index < -0.39 is 0 Å². The first-order valence-electron chi connectivity index (χ1n) is 6.00. The van der Waals surface area contributed by atoms with E-state index >= 15 is 0 Å². The maximum Gasteiger partial charge on any atom is 0.277 e. The van der Waals surface area contributed by atoms with Crippen LogP contribution in [0.2, 0.25) is 0 Å². The summed E-state index contributed by atoms with van der Waals surface area (Å²) in [6, 6.07) is 1.49. The molecule has 0 saturated carbocycles. The molecule has 1 aromatic rings. The van der Waals surface area contributed by atoms with Crippen molar-refractivity contribution in [1.82, 2.24) is 9.88 Å². The highest BCUT2D eigenvalue weighted by atomic mass is 16.6. The molecule has 0 aromatic carbocycles. The molecular weight excluding hydrogens is 232 g/mol. The molecule has 1 rings (SSSR count). The van der Waals surface area contributed by atoms with Crippen LogP contribution in [-0.2, 0) is 0 Å². The molecule has 0 aliphatic heterocycles. The summed E-state index contributed by atoms with van der Waals surface area (Å²) in [7, 11) is 4.08. The van der Waals surface area contributed by atoms with Crippen LogP contribution in [0.1, 0.15) is 18.4 Å². The van der Waals surface area contributed by atoms with Gasteiger partial charge in [-0.25, -0.2) is 4.98 Å². The number of nitro groups is 1. The fraction of sp³-hybridized carbons (Fsp3) is 0.583. The van der Waals surface area contributed by atoms with Crippen molar-refractivity contribution in [3.63, 3.8) is 0 Å². The summed E-state index contributed by atoms with van der Waals surface area (Å²) >= 11 is 0. The van der Waals surface area contributed by atoms with Crippen molar-refractivity contribution in [1.29, 1.82) is 0 Å². The molecule has 6 heteroatoms. The SMILES string of the molecule is Cc1cnc(NCCCCN(C)C)cc1[N+](=O)[O-]. The van der Waals surface area contributed by atoms with Crippen LogP contribution >= 0.6 is 0 Å². The van der Waals surface area contributed by atoms with Crippen molar-refractivity contribution >= 4 is 11.5 Å². The van der Waals surface area contributed by atoms with Gasteiger partial charge in [-0.3, -0.25) is 10.1 Å². The molecule has 0 atom stereocenters. The van der Waals surface area contributed by atoms with Gasteiger partial charge in [-0.1, -0.05) is 0 Å². The van der Waals surface area contributed by atoms with Crippen LogP contribution in [-0.4, -0.2) is 42.0 Å². The summed E-state index contributed by atoms with van der Waals surface area (Å²) in [6.45, 7) is 3.51. The number of aromatic nitrogens is 1. The van der Waals surface area contributed by atoms with E-state index in [1.807, 2.05) is 14.1 Å². The molecule has 1 heterocycles. The number of hydrogen-bond acceptors (Lipinski definition) is 5. The molecule has 0 spiro atoms. The molecule has 0 amide bonds. The summed E-state index contributed by atoms with van der Waals surface area (Å²) in [6.07, 6.45) is 3.63. The van der Waals surface area contributed by atoms with Gasteiger partial charge in [0.1, 0.15) is 5.82 Å². The average Bonchev–Trinajstić information content (AvgIpc) is 2.30. The average molecular weight is 252 g/mol. The van der Waals surface area contributed by atoms with Crippen LogP contribution in [0.5, 0.6) is 0 Å². The number of nitrogens with one attached hydrogen (secondary N) is 1. The first kappa shape index (κ1) is 14.4. The Morgan fingerprint density at radius 2 is 2.17 bits per heavy atom. The van der Waals surface area contributed by atoms with E-state index in [0.717, 1.165) is 25.9 Å². The highest BCUT2D eigenvalue weighted by Crippen LogP contribution is 2.19. The predicted molar refractivity (Wildman–Crippen MR) is 71.9 cm³/mol. The highest BCUT2D eigenvalue weighted by molar-refractivity contribution is 5.48. The third kappa shape index (κ3) is 4.67. The number of rotatable bonds is 7. The molecule has 0 saturated heterocycles. The Morgan fingerprint density at radius 3 is 2.78 bits per heavy atom. The van der Waals surface area contributed by atoms with Gasteiger partial charge in [0.05, 0.1) is 11.0 Å². The number of unbranched alkanes of at least 4 members (excludes halogenated alkanes) is 1. The minimum absolute atomic E-state index is 0.112. The summed E-state index contributed by atoms with van der Waals surface area (Å²) in [5.41, 5.74) is 0.693. The predicted octanol–water partition coefficient (Wildman–Crippen LogP) is 2.05. The zero-order chi connectivity index (χ0) is 13.5. The lowest BCUT2D eigenvalue weighted by atomic mass is 10.2. The van der Waals surface area contributed by atoms with Crippen molar-refractivity contribution in [3.05, 3.63) is 27.9 Å². The van der Waals surface area contributed by atoms with E-state index in [4.69, 9.17) is 0 Å². The number of hydrogen-bond donors (Lipinski definition) is 1. The molecule has 0 fully saturated rings. The fourth-order valence-corrected chi connectivity index (χ4v) is 1.58. The van der Waals surface area contributed by atoms with E-state index in [0.29, 0.717) is 11.4 Å². The van der Waals surface area contributed by atoms with E-state index in [2.05, 4.69) is 15.2 Å². The second-order valence-electron chi connectivity index (χ2n) is 4.55.